The molecule has 6 heteroatoms. The molecule has 2 rings (SSSR count). The zero-order valence-corrected chi connectivity index (χ0v) is 4.76. The van der Waals surface area contributed by atoms with Gasteiger partial charge in [-0.25, -0.2) is 0 Å². The summed E-state index contributed by atoms with van der Waals surface area (Å²) in [7, 11) is 0. The average molecular weight is 138 g/mol. The largest absolute Gasteiger partial charge is 0.329 e. The molecule has 0 saturated carbocycles. The minimum absolute atomic E-state index is 0.234. The van der Waals surface area contributed by atoms with Crippen molar-refractivity contribution >= 4 is 0 Å². The first-order valence-electron chi connectivity index (χ1n) is 2.50. The van der Waals surface area contributed by atoms with Gasteiger partial charge < -0.3 is 9.05 Å². The highest BCUT2D eigenvalue weighted by atomic mass is 16.5. The van der Waals surface area contributed by atoms with Crippen LogP contribution in [0.2, 0.25) is 0 Å². The molecule has 10 heavy (non-hydrogen) atoms. The van der Waals surface area contributed by atoms with Crippen LogP contribution in [0.25, 0.3) is 11.8 Å². The molecule has 0 aliphatic heterocycles. The molecule has 0 saturated heterocycles. The lowest BCUT2D eigenvalue weighted by molar-refractivity contribution is 0.381. The molecule has 2 aromatic heterocycles. The van der Waals surface area contributed by atoms with Gasteiger partial charge in [0.1, 0.15) is 0 Å². The van der Waals surface area contributed by atoms with Crippen molar-refractivity contribution in [1.29, 1.82) is 0 Å². The maximum Gasteiger partial charge on any atom is 0.316 e. The molecule has 0 amide bonds. The second-order valence-electron chi connectivity index (χ2n) is 1.49. The van der Waals surface area contributed by atoms with Gasteiger partial charge in [0.25, 0.3) is 0 Å². The third-order valence-corrected chi connectivity index (χ3v) is 0.906. The van der Waals surface area contributed by atoms with Crippen LogP contribution in [0, 0.1) is 0 Å². The van der Waals surface area contributed by atoms with Gasteiger partial charge in [-0.05, 0) is 0 Å². The molecule has 6 nitrogen and oxygen atoms in total. The van der Waals surface area contributed by atoms with Crippen LogP contribution in [0.1, 0.15) is 0 Å². The lowest BCUT2D eigenvalue weighted by atomic mass is 10.7. The van der Waals surface area contributed by atoms with Crippen molar-refractivity contribution in [2.75, 3.05) is 0 Å². The third-order valence-electron chi connectivity index (χ3n) is 0.906. The second kappa shape index (κ2) is 1.90. The lowest BCUT2D eigenvalue weighted by Crippen LogP contribution is -1.73. The number of rotatable bonds is 1. The summed E-state index contributed by atoms with van der Waals surface area (Å²) in [6, 6.07) is 0. The van der Waals surface area contributed by atoms with Gasteiger partial charge in [-0.1, -0.05) is 10.3 Å². The molecule has 0 aromatic carbocycles. The SMILES string of the molecule is c1noc(-c2ncno2)n1. The Morgan fingerprint density at radius 2 is 1.40 bits per heavy atom. The van der Waals surface area contributed by atoms with E-state index in [1.54, 1.807) is 0 Å². The Morgan fingerprint density at radius 1 is 0.900 bits per heavy atom. The molecule has 2 aromatic rings. The first kappa shape index (κ1) is 5.10. The Kier molecular flexibility index (Phi) is 0.970. The van der Waals surface area contributed by atoms with Crippen molar-refractivity contribution in [1.82, 2.24) is 20.3 Å². The van der Waals surface area contributed by atoms with E-state index >= 15 is 0 Å². The molecular weight excluding hydrogens is 136 g/mol. The van der Waals surface area contributed by atoms with Crippen LogP contribution in [0.3, 0.4) is 0 Å². The molecule has 2 heterocycles. The number of aromatic nitrogens is 4. The maximum atomic E-state index is 4.62. The minimum atomic E-state index is 0.234. The second-order valence-corrected chi connectivity index (χ2v) is 1.49. The van der Waals surface area contributed by atoms with Crippen LogP contribution in [0.5, 0.6) is 0 Å². The van der Waals surface area contributed by atoms with Crippen molar-refractivity contribution in [3.63, 3.8) is 0 Å². The molecule has 0 radical (unpaired) electrons. The van der Waals surface area contributed by atoms with Crippen molar-refractivity contribution in [3.8, 4) is 11.8 Å². The van der Waals surface area contributed by atoms with Gasteiger partial charge in [-0.2, -0.15) is 9.97 Å². The van der Waals surface area contributed by atoms with E-state index in [0.717, 1.165) is 0 Å². The summed E-state index contributed by atoms with van der Waals surface area (Å²) in [5.74, 6) is 0.468. The van der Waals surface area contributed by atoms with Gasteiger partial charge in [0.2, 0.25) is 0 Å². The molecule has 0 unspecified atom stereocenters. The predicted octanol–water partition coefficient (Wildman–Crippen LogP) is 0.120. The van der Waals surface area contributed by atoms with E-state index in [1.807, 2.05) is 0 Å². The van der Waals surface area contributed by atoms with Gasteiger partial charge in [-0.15, -0.1) is 0 Å². The molecule has 0 aliphatic rings. The molecule has 50 valence electrons. The van der Waals surface area contributed by atoms with Crippen molar-refractivity contribution < 1.29 is 9.05 Å². The van der Waals surface area contributed by atoms with Gasteiger partial charge in [0, 0.05) is 0 Å². The molecule has 0 aliphatic carbocycles. The Hall–Kier alpha value is -1.72. The number of nitrogens with zero attached hydrogens (tertiary/aromatic N) is 4. The summed E-state index contributed by atoms with van der Waals surface area (Å²) >= 11 is 0. The molecule has 0 fully saturated rings. The number of hydrogen-bond donors (Lipinski definition) is 0. The normalized spacial score (nSPS) is 10.0. The van der Waals surface area contributed by atoms with Crippen molar-refractivity contribution in [2.24, 2.45) is 0 Å². The van der Waals surface area contributed by atoms with Crippen LogP contribution >= 0.6 is 0 Å². The Morgan fingerprint density at radius 3 is 1.70 bits per heavy atom. The van der Waals surface area contributed by atoms with Crippen molar-refractivity contribution in [3.05, 3.63) is 12.7 Å². The Balaban J connectivity index is 2.48. The summed E-state index contributed by atoms with van der Waals surface area (Å²) in [6.07, 6.45) is 2.53. The summed E-state index contributed by atoms with van der Waals surface area (Å²) < 4.78 is 9.24. The topological polar surface area (TPSA) is 77.8 Å². The quantitative estimate of drug-likeness (QED) is 0.556. The predicted molar refractivity (Wildman–Crippen MR) is 27.6 cm³/mol. The van der Waals surface area contributed by atoms with Gasteiger partial charge in [-0.3, -0.25) is 0 Å². The van der Waals surface area contributed by atoms with Gasteiger partial charge >= 0.3 is 11.8 Å². The van der Waals surface area contributed by atoms with Gasteiger partial charge in [0.15, 0.2) is 12.7 Å². The van der Waals surface area contributed by atoms with Crippen LogP contribution in [0.4, 0.5) is 0 Å². The van der Waals surface area contributed by atoms with Crippen LogP contribution in [0.15, 0.2) is 21.7 Å². The highest BCUT2D eigenvalue weighted by molar-refractivity contribution is 5.33. The zero-order valence-electron chi connectivity index (χ0n) is 4.76. The molecule has 0 spiro atoms. The van der Waals surface area contributed by atoms with E-state index in [4.69, 9.17) is 0 Å². The highest BCUT2D eigenvalue weighted by Crippen LogP contribution is 2.09. The fourth-order valence-electron chi connectivity index (χ4n) is 0.535. The molecular formula is C4H2N4O2. The summed E-state index contributed by atoms with van der Waals surface area (Å²) in [4.78, 5) is 7.37. The van der Waals surface area contributed by atoms with E-state index < -0.39 is 0 Å². The van der Waals surface area contributed by atoms with Crippen LogP contribution < -0.4 is 0 Å². The van der Waals surface area contributed by atoms with Crippen LogP contribution in [-0.2, 0) is 0 Å². The Labute approximate surface area is 54.9 Å². The smallest absolute Gasteiger partial charge is 0.316 e. The molecule has 0 N–H and O–H groups in total. The first-order chi connectivity index (χ1) is 4.97. The van der Waals surface area contributed by atoms with E-state index in [1.165, 1.54) is 12.7 Å². The highest BCUT2D eigenvalue weighted by Gasteiger charge is 2.07. The summed E-state index contributed by atoms with van der Waals surface area (Å²) in [5.41, 5.74) is 0. The number of hydrogen-bond acceptors (Lipinski definition) is 6. The molecule has 0 bridgehead atoms. The minimum Gasteiger partial charge on any atom is -0.329 e. The van der Waals surface area contributed by atoms with E-state index in [2.05, 4.69) is 29.3 Å². The summed E-state index contributed by atoms with van der Waals surface area (Å²) in [5, 5.41) is 6.73. The van der Waals surface area contributed by atoms with Crippen LogP contribution in [-0.4, -0.2) is 20.3 Å². The molecule has 0 atom stereocenters. The first-order valence-corrected chi connectivity index (χ1v) is 2.50. The average Bonchev–Trinajstić information content (AvgIpc) is 2.59. The van der Waals surface area contributed by atoms with Gasteiger partial charge in [0.05, 0.1) is 0 Å². The van der Waals surface area contributed by atoms with E-state index in [-0.39, 0.29) is 11.8 Å². The Bertz CT molecular complexity index is 255. The summed E-state index contributed by atoms with van der Waals surface area (Å²) in [6.45, 7) is 0. The third kappa shape index (κ3) is 0.661. The van der Waals surface area contributed by atoms with E-state index in [0.29, 0.717) is 0 Å². The lowest BCUT2D eigenvalue weighted by Gasteiger charge is -1.76. The van der Waals surface area contributed by atoms with E-state index in [9.17, 15) is 0 Å². The fraction of sp³-hybridized carbons (Fsp3) is 0. The van der Waals surface area contributed by atoms with Crippen molar-refractivity contribution in [2.45, 2.75) is 0 Å². The zero-order chi connectivity index (χ0) is 6.81. The fourth-order valence-corrected chi connectivity index (χ4v) is 0.535. The maximum absolute atomic E-state index is 4.62. The monoisotopic (exact) mass is 138 g/mol. The standard InChI is InChI=1S/C4H2N4O2/c1-5-3(9-7-1)4-6-2-8-10-4/h1-2H.